The first kappa shape index (κ1) is 7.21. The van der Waals surface area contributed by atoms with Crippen molar-refractivity contribution in [1.82, 2.24) is 5.32 Å². The summed E-state index contributed by atoms with van der Waals surface area (Å²) < 4.78 is 0. The molecule has 0 aromatic heterocycles. The molecule has 0 heterocycles. The standard InChI is InChI=1S/C6H12N2/c1-3-8-5-6(2)4-7/h4-5,7-8H,3H2,1-2H3/b6-5-,7-4?. The van der Waals surface area contributed by atoms with Gasteiger partial charge in [-0.25, -0.2) is 0 Å². The minimum atomic E-state index is 0.922. The molecule has 0 aliphatic rings. The molecule has 0 saturated carbocycles. The molecule has 2 N–H and O–H groups in total. The third-order valence-corrected chi connectivity index (χ3v) is 0.762. The van der Waals surface area contributed by atoms with Crippen molar-refractivity contribution in [3.8, 4) is 0 Å². The van der Waals surface area contributed by atoms with Gasteiger partial charge in [-0.1, -0.05) is 0 Å². The Balaban J connectivity index is 3.40. The van der Waals surface area contributed by atoms with Crippen LogP contribution in [0.3, 0.4) is 0 Å². The average Bonchev–Trinajstić information content (AvgIpc) is 1.83. The molecule has 0 spiro atoms. The second kappa shape index (κ2) is 4.37. The van der Waals surface area contributed by atoms with Gasteiger partial charge in [0, 0.05) is 19.0 Å². The van der Waals surface area contributed by atoms with E-state index in [1.165, 1.54) is 6.21 Å². The molecule has 0 radical (unpaired) electrons. The Morgan fingerprint density at radius 2 is 2.38 bits per heavy atom. The first-order valence-electron chi connectivity index (χ1n) is 2.72. The zero-order valence-electron chi connectivity index (χ0n) is 5.36. The van der Waals surface area contributed by atoms with Gasteiger partial charge in [0.05, 0.1) is 0 Å². The number of rotatable bonds is 3. The average molecular weight is 112 g/mol. The molecular formula is C6H12N2. The predicted molar refractivity (Wildman–Crippen MR) is 36.2 cm³/mol. The summed E-state index contributed by atoms with van der Waals surface area (Å²) in [5.41, 5.74) is 0.951. The van der Waals surface area contributed by atoms with Crippen molar-refractivity contribution in [2.24, 2.45) is 0 Å². The van der Waals surface area contributed by atoms with Gasteiger partial charge >= 0.3 is 0 Å². The van der Waals surface area contributed by atoms with Gasteiger partial charge in [-0.2, -0.15) is 0 Å². The second-order valence-corrected chi connectivity index (χ2v) is 1.59. The SMILES string of the molecule is CCN/C=C(/C)C=N. The van der Waals surface area contributed by atoms with Crippen LogP contribution >= 0.6 is 0 Å². The van der Waals surface area contributed by atoms with E-state index < -0.39 is 0 Å². The molecule has 2 heteroatoms. The molecular weight excluding hydrogens is 100 g/mol. The van der Waals surface area contributed by atoms with Crippen molar-refractivity contribution >= 4 is 6.21 Å². The highest BCUT2D eigenvalue weighted by atomic mass is 14.8. The first-order chi connectivity index (χ1) is 3.81. The number of nitrogens with one attached hydrogen (secondary N) is 2. The maximum Gasteiger partial charge on any atom is 0.0221 e. The quantitative estimate of drug-likeness (QED) is 0.528. The van der Waals surface area contributed by atoms with E-state index in [2.05, 4.69) is 5.32 Å². The number of hydrogen-bond donors (Lipinski definition) is 2. The Morgan fingerprint density at radius 1 is 1.75 bits per heavy atom. The lowest BCUT2D eigenvalue weighted by atomic mass is 10.4. The largest absolute Gasteiger partial charge is 0.391 e. The normalized spacial score (nSPS) is 11.0. The molecule has 0 aliphatic heterocycles. The summed E-state index contributed by atoms with van der Waals surface area (Å²) in [5.74, 6) is 0. The fraction of sp³-hybridized carbons (Fsp3) is 0.500. The van der Waals surface area contributed by atoms with Crippen LogP contribution in [0.4, 0.5) is 0 Å². The molecule has 0 bridgehead atoms. The van der Waals surface area contributed by atoms with Crippen molar-refractivity contribution < 1.29 is 0 Å². The predicted octanol–water partition coefficient (Wildman–Crippen LogP) is 1.15. The zero-order chi connectivity index (χ0) is 6.41. The minimum Gasteiger partial charge on any atom is -0.391 e. The highest BCUT2D eigenvalue weighted by Gasteiger charge is 1.75. The summed E-state index contributed by atoms with van der Waals surface area (Å²) in [6.07, 6.45) is 3.15. The van der Waals surface area contributed by atoms with Gasteiger partial charge in [0.25, 0.3) is 0 Å². The van der Waals surface area contributed by atoms with Crippen LogP contribution in [-0.2, 0) is 0 Å². The van der Waals surface area contributed by atoms with Gasteiger partial charge < -0.3 is 10.7 Å². The Labute approximate surface area is 50.1 Å². The van der Waals surface area contributed by atoms with Crippen molar-refractivity contribution in [2.45, 2.75) is 13.8 Å². The fourth-order valence-corrected chi connectivity index (χ4v) is 0.305. The van der Waals surface area contributed by atoms with E-state index in [1.807, 2.05) is 20.0 Å². The molecule has 8 heavy (non-hydrogen) atoms. The number of hydrogen-bond acceptors (Lipinski definition) is 2. The van der Waals surface area contributed by atoms with E-state index in [0.29, 0.717) is 0 Å². The monoisotopic (exact) mass is 112 g/mol. The molecule has 0 rings (SSSR count). The van der Waals surface area contributed by atoms with Gasteiger partial charge in [-0.05, 0) is 19.4 Å². The lowest BCUT2D eigenvalue weighted by Gasteiger charge is -1.91. The van der Waals surface area contributed by atoms with Crippen molar-refractivity contribution in [3.05, 3.63) is 11.8 Å². The Morgan fingerprint density at radius 3 is 2.75 bits per heavy atom. The lowest BCUT2D eigenvalue weighted by molar-refractivity contribution is 0.914. The summed E-state index contributed by atoms with van der Waals surface area (Å²) in [6.45, 7) is 4.83. The molecule has 46 valence electrons. The van der Waals surface area contributed by atoms with Crippen LogP contribution in [0.25, 0.3) is 0 Å². The van der Waals surface area contributed by atoms with Crippen LogP contribution < -0.4 is 5.32 Å². The summed E-state index contributed by atoms with van der Waals surface area (Å²) in [4.78, 5) is 0. The van der Waals surface area contributed by atoms with E-state index in [4.69, 9.17) is 5.41 Å². The van der Waals surface area contributed by atoms with Gasteiger partial charge in [0.15, 0.2) is 0 Å². The maximum atomic E-state index is 6.75. The lowest BCUT2D eigenvalue weighted by Crippen LogP contribution is -2.03. The first-order valence-corrected chi connectivity index (χ1v) is 2.72. The Bertz CT molecular complexity index is 94.7. The van der Waals surface area contributed by atoms with Gasteiger partial charge in [-0.3, -0.25) is 0 Å². The fourth-order valence-electron chi connectivity index (χ4n) is 0.305. The van der Waals surface area contributed by atoms with Crippen LogP contribution in [0.5, 0.6) is 0 Å². The minimum absolute atomic E-state index is 0.922. The molecule has 0 aromatic rings. The van der Waals surface area contributed by atoms with Crippen LogP contribution in [0.1, 0.15) is 13.8 Å². The van der Waals surface area contributed by atoms with Crippen molar-refractivity contribution in [1.29, 1.82) is 5.41 Å². The molecule has 0 atom stereocenters. The van der Waals surface area contributed by atoms with Crippen LogP contribution in [0.2, 0.25) is 0 Å². The third kappa shape index (κ3) is 3.40. The summed E-state index contributed by atoms with van der Waals surface area (Å²) >= 11 is 0. The zero-order valence-corrected chi connectivity index (χ0v) is 5.36. The van der Waals surface area contributed by atoms with Crippen molar-refractivity contribution in [2.75, 3.05) is 6.54 Å². The highest BCUT2D eigenvalue weighted by molar-refractivity contribution is 5.74. The molecule has 0 fully saturated rings. The third-order valence-electron chi connectivity index (χ3n) is 0.762. The number of allylic oxidation sites excluding steroid dienone is 1. The Kier molecular flexibility index (Phi) is 3.94. The second-order valence-electron chi connectivity index (χ2n) is 1.59. The molecule has 0 saturated heterocycles. The van der Waals surface area contributed by atoms with E-state index in [0.717, 1.165) is 12.1 Å². The maximum absolute atomic E-state index is 6.75. The summed E-state index contributed by atoms with van der Waals surface area (Å²) in [5, 5.41) is 9.74. The van der Waals surface area contributed by atoms with E-state index in [1.54, 1.807) is 0 Å². The van der Waals surface area contributed by atoms with Crippen LogP contribution in [0.15, 0.2) is 11.8 Å². The van der Waals surface area contributed by atoms with E-state index in [9.17, 15) is 0 Å². The van der Waals surface area contributed by atoms with Crippen LogP contribution in [-0.4, -0.2) is 12.8 Å². The molecule has 0 amide bonds. The van der Waals surface area contributed by atoms with Gasteiger partial charge in [-0.15, -0.1) is 0 Å². The summed E-state index contributed by atoms with van der Waals surface area (Å²) in [7, 11) is 0. The van der Waals surface area contributed by atoms with E-state index in [-0.39, 0.29) is 0 Å². The molecule has 0 aliphatic carbocycles. The molecule has 0 unspecified atom stereocenters. The van der Waals surface area contributed by atoms with E-state index >= 15 is 0 Å². The smallest absolute Gasteiger partial charge is 0.0221 e. The van der Waals surface area contributed by atoms with Crippen molar-refractivity contribution in [3.63, 3.8) is 0 Å². The van der Waals surface area contributed by atoms with Crippen LogP contribution in [0, 0.1) is 5.41 Å². The molecule has 2 nitrogen and oxygen atoms in total. The summed E-state index contributed by atoms with van der Waals surface area (Å²) in [6, 6.07) is 0. The Hall–Kier alpha value is -0.790. The topological polar surface area (TPSA) is 35.9 Å². The van der Waals surface area contributed by atoms with Gasteiger partial charge in [0.2, 0.25) is 0 Å². The molecule has 0 aromatic carbocycles. The van der Waals surface area contributed by atoms with Gasteiger partial charge in [0.1, 0.15) is 0 Å². The highest BCUT2D eigenvalue weighted by Crippen LogP contribution is 1.79.